The molecule has 1 aromatic rings. The number of carbonyl (C=O) groups is 3. The normalized spacial score (nSPS) is 15.0. The molecule has 1 aliphatic rings. The fraction of sp³-hybridized carbons (Fsp3) is 0.471. The quantitative estimate of drug-likeness (QED) is 0.885. The van der Waals surface area contributed by atoms with Gasteiger partial charge in [-0.3, -0.25) is 4.79 Å². The fourth-order valence-electron chi connectivity index (χ4n) is 2.84. The Bertz CT molecular complexity index is 649. The van der Waals surface area contributed by atoms with Crippen LogP contribution in [0.5, 0.6) is 0 Å². The third-order valence-corrected chi connectivity index (χ3v) is 4.24. The summed E-state index contributed by atoms with van der Waals surface area (Å²) in [5.41, 5.74) is 1.42. The molecule has 0 unspecified atom stereocenters. The molecular formula is C17H23N3O4. The van der Waals surface area contributed by atoms with Gasteiger partial charge in [-0.05, 0) is 43.5 Å². The second kappa shape index (κ2) is 7.33. The van der Waals surface area contributed by atoms with E-state index in [9.17, 15) is 14.4 Å². The summed E-state index contributed by atoms with van der Waals surface area (Å²) in [7, 11) is 3.43. The van der Waals surface area contributed by atoms with Gasteiger partial charge in [0.15, 0.2) is 0 Å². The van der Waals surface area contributed by atoms with E-state index in [-0.39, 0.29) is 23.4 Å². The van der Waals surface area contributed by atoms with E-state index in [0.29, 0.717) is 37.2 Å². The van der Waals surface area contributed by atoms with Gasteiger partial charge in [-0.15, -0.1) is 0 Å². The maximum atomic E-state index is 12.4. The molecule has 2 rings (SSSR count). The SMILES string of the molecule is Cc1cc(NC(=O)C2CCN(C(=O)N(C)C)CC2)ccc1C(=O)O. The minimum absolute atomic E-state index is 0.0336. The maximum Gasteiger partial charge on any atom is 0.335 e. The summed E-state index contributed by atoms with van der Waals surface area (Å²) in [4.78, 5) is 38.6. The number of aryl methyl sites for hydroxylation is 1. The average molecular weight is 333 g/mol. The van der Waals surface area contributed by atoms with Gasteiger partial charge in [0.1, 0.15) is 0 Å². The number of carboxylic acids is 1. The molecule has 1 fully saturated rings. The molecule has 0 aliphatic carbocycles. The number of likely N-dealkylation sites (tertiary alicyclic amines) is 1. The Morgan fingerprint density at radius 3 is 2.33 bits per heavy atom. The highest BCUT2D eigenvalue weighted by atomic mass is 16.4. The standard InChI is InChI=1S/C17H23N3O4/c1-11-10-13(4-5-14(11)16(22)23)18-15(21)12-6-8-20(9-7-12)17(24)19(2)3/h4-5,10,12H,6-9H2,1-3H3,(H,18,21)(H,22,23). The molecule has 0 atom stereocenters. The van der Waals surface area contributed by atoms with Gasteiger partial charge in [-0.25, -0.2) is 9.59 Å². The van der Waals surface area contributed by atoms with Crippen molar-refractivity contribution in [1.29, 1.82) is 0 Å². The number of piperidine rings is 1. The van der Waals surface area contributed by atoms with Gasteiger partial charge < -0.3 is 20.2 Å². The first-order valence-electron chi connectivity index (χ1n) is 7.90. The molecule has 2 N–H and O–H groups in total. The van der Waals surface area contributed by atoms with Gasteiger partial charge in [0, 0.05) is 38.8 Å². The number of aromatic carboxylic acids is 1. The van der Waals surface area contributed by atoms with Crippen molar-refractivity contribution < 1.29 is 19.5 Å². The van der Waals surface area contributed by atoms with E-state index in [1.54, 1.807) is 38.1 Å². The van der Waals surface area contributed by atoms with E-state index in [2.05, 4.69) is 5.32 Å². The lowest BCUT2D eigenvalue weighted by Gasteiger charge is -2.33. The van der Waals surface area contributed by atoms with E-state index in [1.165, 1.54) is 11.0 Å². The van der Waals surface area contributed by atoms with Crippen LogP contribution in [0.4, 0.5) is 10.5 Å². The zero-order chi connectivity index (χ0) is 17.9. The third-order valence-electron chi connectivity index (χ3n) is 4.24. The zero-order valence-corrected chi connectivity index (χ0v) is 14.2. The molecule has 1 aromatic carbocycles. The van der Waals surface area contributed by atoms with E-state index < -0.39 is 5.97 Å². The Morgan fingerprint density at radius 2 is 1.83 bits per heavy atom. The van der Waals surface area contributed by atoms with Crippen molar-refractivity contribution in [3.05, 3.63) is 29.3 Å². The Morgan fingerprint density at radius 1 is 1.21 bits per heavy atom. The molecule has 7 heteroatoms. The van der Waals surface area contributed by atoms with Crippen molar-refractivity contribution in [2.75, 3.05) is 32.5 Å². The second-order valence-electron chi connectivity index (χ2n) is 6.26. The van der Waals surface area contributed by atoms with Crippen LogP contribution in [0, 0.1) is 12.8 Å². The number of nitrogens with one attached hydrogen (secondary N) is 1. The Hall–Kier alpha value is -2.57. The zero-order valence-electron chi connectivity index (χ0n) is 14.2. The monoisotopic (exact) mass is 333 g/mol. The van der Waals surface area contributed by atoms with E-state index in [4.69, 9.17) is 5.11 Å². The molecule has 1 saturated heterocycles. The highest BCUT2D eigenvalue weighted by Gasteiger charge is 2.28. The first kappa shape index (κ1) is 17.8. The van der Waals surface area contributed by atoms with Crippen molar-refractivity contribution in [2.45, 2.75) is 19.8 Å². The molecule has 0 bridgehead atoms. The van der Waals surface area contributed by atoms with E-state index in [1.807, 2.05) is 0 Å². The maximum absolute atomic E-state index is 12.4. The second-order valence-corrected chi connectivity index (χ2v) is 6.26. The van der Waals surface area contributed by atoms with Crippen LogP contribution in [-0.2, 0) is 4.79 Å². The molecule has 24 heavy (non-hydrogen) atoms. The summed E-state index contributed by atoms with van der Waals surface area (Å²) in [6.45, 7) is 2.82. The number of benzene rings is 1. The van der Waals surface area contributed by atoms with Crippen LogP contribution in [0.1, 0.15) is 28.8 Å². The molecule has 1 heterocycles. The van der Waals surface area contributed by atoms with Crippen LogP contribution in [0.15, 0.2) is 18.2 Å². The van der Waals surface area contributed by atoms with Gasteiger partial charge in [0.25, 0.3) is 0 Å². The molecule has 0 radical (unpaired) electrons. The predicted molar refractivity (Wildman–Crippen MR) is 90.1 cm³/mol. The van der Waals surface area contributed by atoms with Gasteiger partial charge >= 0.3 is 12.0 Å². The van der Waals surface area contributed by atoms with Crippen LogP contribution in [0.25, 0.3) is 0 Å². The Kier molecular flexibility index (Phi) is 5.43. The van der Waals surface area contributed by atoms with Crippen LogP contribution >= 0.6 is 0 Å². The molecule has 130 valence electrons. The fourth-order valence-corrected chi connectivity index (χ4v) is 2.84. The van der Waals surface area contributed by atoms with Gasteiger partial charge in [-0.1, -0.05) is 0 Å². The molecule has 0 spiro atoms. The number of rotatable bonds is 3. The smallest absolute Gasteiger partial charge is 0.335 e. The highest BCUT2D eigenvalue weighted by Crippen LogP contribution is 2.21. The molecular weight excluding hydrogens is 310 g/mol. The molecule has 1 aliphatic heterocycles. The number of carboxylic acid groups (broad SMARTS) is 1. The third kappa shape index (κ3) is 4.04. The lowest BCUT2D eigenvalue weighted by molar-refractivity contribution is -0.121. The van der Waals surface area contributed by atoms with Gasteiger partial charge in [0.2, 0.25) is 5.91 Å². The number of hydrogen-bond donors (Lipinski definition) is 2. The van der Waals surface area contributed by atoms with Crippen molar-refractivity contribution >= 4 is 23.6 Å². The topological polar surface area (TPSA) is 90.0 Å². The summed E-state index contributed by atoms with van der Waals surface area (Å²) in [5, 5.41) is 11.9. The van der Waals surface area contributed by atoms with Crippen LogP contribution in [-0.4, -0.2) is 60.0 Å². The van der Waals surface area contributed by atoms with Crippen LogP contribution < -0.4 is 5.32 Å². The molecule has 0 aromatic heterocycles. The number of amides is 3. The first-order chi connectivity index (χ1) is 11.3. The summed E-state index contributed by atoms with van der Waals surface area (Å²) < 4.78 is 0. The summed E-state index contributed by atoms with van der Waals surface area (Å²) in [6, 6.07) is 4.71. The highest BCUT2D eigenvalue weighted by molar-refractivity contribution is 5.94. The number of hydrogen-bond acceptors (Lipinski definition) is 3. The summed E-state index contributed by atoms with van der Waals surface area (Å²) >= 11 is 0. The van der Waals surface area contributed by atoms with Gasteiger partial charge in [0.05, 0.1) is 5.56 Å². The van der Waals surface area contributed by atoms with Gasteiger partial charge in [-0.2, -0.15) is 0 Å². The van der Waals surface area contributed by atoms with Crippen molar-refractivity contribution in [2.24, 2.45) is 5.92 Å². The average Bonchev–Trinajstić information content (AvgIpc) is 2.53. The lowest BCUT2D eigenvalue weighted by atomic mass is 9.96. The summed E-state index contributed by atoms with van der Waals surface area (Å²) in [5.74, 6) is -1.21. The number of urea groups is 1. The number of anilines is 1. The lowest BCUT2D eigenvalue weighted by Crippen LogP contribution is -2.45. The Labute approximate surface area is 141 Å². The number of carbonyl (C=O) groups excluding carboxylic acids is 2. The molecule has 0 saturated carbocycles. The van der Waals surface area contributed by atoms with Crippen LogP contribution in [0.2, 0.25) is 0 Å². The Balaban J connectivity index is 1.93. The van der Waals surface area contributed by atoms with Crippen molar-refractivity contribution in [1.82, 2.24) is 9.80 Å². The minimum Gasteiger partial charge on any atom is -0.478 e. The largest absolute Gasteiger partial charge is 0.478 e. The van der Waals surface area contributed by atoms with Crippen LogP contribution in [0.3, 0.4) is 0 Å². The van der Waals surface area contributed by atoms with E-state index in [0.717, 1.165) is 0 Å². The van der Waals surface area contributed by atoms with E-state index >= 15 is 0 Å². The number of nitrogens with zero attached hydrogens (tertiary/aromatic N) is 2. The predicted octanol–water partition coefficient (Wildman–Crippen LogP) is 2.03. The first-order valence-corrected chi connectivity index (χ1v) is 7.90. The van der Waals surface area contributed by atoms with Crippen molar-refractivity contribution in [3.8, 4) is 0 Å². The molecule has 3 amide bonds. The molecule has 7 nitrogen and oxygen atoms in total. The minimum atomic E-state index is -0.983. The van der Waals surface area contributed by atoms with Crippen molar-refractivity contribution in [3.63, 3.8) is 0 Å². The summed E-state index contributed by atoms with van der Waals surface area (Å²) in [6.07, 6.45) is 1.25.